The van der Waals surface area contributed by atoms with Crippen LogP contribution >= 0.6 is 24.2 Å². The SMILES string of the molecule is CSc1ccccc1C(=O)NC1CCCNC1C.Cl. The predicted molar refractivity (Wildman–Crippen MR) is 83.4 cm³/mol. The Labute approximate surface area is 125 Å². The fourth-order valence-corrected chi connectivity index (χ4v) is 2.91. The van der Waals surface area contributed by atoms with Gasteiger partial charge in [-0.25, -0.2) is 0 Å². The highest BCUT2D eigenvalue weighted by Crippen LogP contribution is 2.20. The van der Waals surface area contributed by atoms with E-state index in [1.54, 1.807) is 11.8 Å². The number of rotatable bonds is 3. The van der Waals surface area contributed by atoms with Crippen LogP contribution in [0.15, 0.2) is 29.2 Å². The van der Waals surface area contributed by atoms with E-state index in [4.69, 9.17) is 0 Å². The predicted octanol–water partition coefficient (Wildman–Crippen LogP) is 2.70. The highest BCUT2D eigenvalue weighted by molar-refractivity contribution is 7.98. The van der Waals surface area contributed by atoms with Crippen molar-refractivity contribution in [1.29, 1.82) is 0 Å². The molecule has 1 aromatic rings. The molecular weight excluding hydrogens is 280 g/mol. The lowest BCUT2D eigenvalue weighted by atomic mass is 9.99. The van der Waals surface area contributed by atoms with Crippen molar-refractivity contribution in [2.45, 2.75) is 36.7 Å². The second-order valence-corrected chi connectivity index (χ2v) is 5.51. The fourth-order valence-electron chi connectivity index (χ4n) is 2.32. The van der Waals surface area contributed by atoms with Crippen molar-refractivity contribution >= 4 is 30.1 Å². The van der Waals surface area contributed by atoms with Crippen LogP contribution in [0.2, 0.25) is 0 Å². The van der Waals surface area contributed by atoms with E-state index in [-0.39, 0.29) is 24.4 Å². The minimum Gasteiger partial charge on any atom is -0.348 e. The molecule has 1 heterocycles. The van der Waals surface area contributed by atoms with Gasteiger partial charge in [0.1, 0.15) is 0 Å². The first-order chi connectivity index (χ1) is 8.72. The van der Waals surface area contributed by atoms with Gasteiger partial charge in [0.15, 0.2) is 0 Å². The van der Waals surface area contributed by atoms with Crippen LogP contribution in [0.25, 0.3) is 0 Å². The molecule has 0 radical (unpaired) electrons. The zero-order valence-corrected chi connectivity index (χ0v) is 12.9. The van der Waals surface area contributed by atoms with Gasteiger partial charge in [0, 0.05) is 17.0 Å². The van der Waals surface area contributed by atoms with Gasteiger partial charge in [-0.2, -0.15) is 0 Å². The van der Waals surface area contributed by atoms with Gasteiger partial charge in [0.05, 0.1) is 5.56 Å². The van der Waals surface area contributed by atoms with Crippen LogP contribution in [-0.2, 0) is 0 Å². The first-order valence-corrected chi connectivity index (χ1v) is 7.62. The zero-order chi connectivity index (χ0) is 13.0. The minimum atomic E-state index is 0. The summed E-state index contributed by atoms with van der Waals surface area (Å²) in [6, 6.07) is 8.35. The minimum absolute atomic E-state index is 0. The molecule has 5 heteroatoms. The lowest BCUT2D eigenvalue weighted by Gasteiger charge is -2.30. The molecule has 1 saturated heterocycles. The molecule has 0 saturated carbocycles. The van der Waals surface area contributed by atoms with Gasteiger partial charge in [0.25, 0.3) is 5.91 Å². The number of nitrogens with one attached hydrogen (secondary N) is 2. The lowest BCUT2D eigenvalue weighted by molar-refractivity contribution is 0.0917. The third-order valence-corrected chi connectivity index (χ3v) is 4.23. The highest BCUT2D eigenvalue weighted by Gasteiger charge is 2.23. The number of amides is 1. The maximum absolute atomic E-state index is 12.3. The van der Waals surface area contributed by atoms with Crippen molar-refractivity contribution in [2.24, 2.45) is 0 Å². The number of carbonyl (C=O) groups excluding carboxylic acids is 1. The van der Waals surface area contributed by atoms with Crippen LogP contribution in [0.5, 0.6) is 0 Å². The summed E-state index contributed by atoms with van der Waals surface area (Å²) < 4.78 is 0. The van der Waals surface area contributed by atoms with E-state index in [2.05, 4.69) is 17.6 Å². The van der Waals surface area contributed by atoms with Gasteiger partial charge in [-0.3, -0.25) is 4.79 Å². The van der Waals surface area contributed by atoms with Crippen molar-refractivity contribution in [3.63, 3.8) is 0 Å². The summed E-state index contributed by atoms with van der Waals surface area (Å²) in [6.07, 6.45) is 4.18. The molecule has 3 nitrogen and oxygen atoms in total. The number of carbonyl (C=O) groups is 1. The summed E-state index contributed by atoms with van der Waals surface area (Å²) >= 11 is 1.61. The average Bonchev–Trinajstić information content (AvgIpc) is 2.41. The van der Waals surface area contributed by atoms with Gasteiger partial charge in [-0.05, 0) is 44.7 Å². The van der Waals surface area contributed by atoms with Crippen LogP contribution in [0, 0.1) is 0 Å². The standard InChI is InChI=1S/C14H20N2OS.ClH/c1-10-12(7-5-9-15-10)16-14(17)11-6-3-4-8-13(11)18-2;/h3-4,6,8,10,12,15H,5,7,9H2,1-2H3,(H,16,17);1H. The van der Waals surface area contributed by atoms with Gasteiger partial charge in [-0.15, -0.1) is 24.2 Å². The van der Waals surface area contributed by atoms with Crippen molar-refractivity contribution in [3.8, 4) is 0 Å². The second-order valence-electron chi connectivity index (χ2n) is 4.67. The molecule has 0 aliphatic carbocycles. The number of benzene rings is 1. The normalized spacial score (nSPS) is 22.4. The van der Waals surface area contributed by atoms with Gasteiger partial charge < -0.3 is 10.6 Å². The molecule has 2 N–H and O–H groups in total. The van der Waals surface area contributed by atoms with Gasteiger partial charge in [0.2, 0.25) is 0 Å². The van der Waals surface area contributed by atoms with Crippen LogP contribution in [-0.4, -0.2) is 30.8 Å². The molecular formula is C14H21ClN2OS. The molecule has 1 amide bonds. The maximum Gasteiger partial charge on any atom is 0.252 e. The third kappa shape index (κ3) is 4.13. The van der Waals surface area contributed by atoms with E-state index in [1.807, 2.05) is 30.5 Å². The number of halogens is 1. The molecule has 2 unspecified atom stereocenters. The van der Waals surface area contributed by atoms with Crippen molar-refractivity contribution < 1.29 is 4.79 Å². The monoisotopic (exact) mass is 300 g/mol. The molecule has 106 valence electrons. The molecule has 0 spiro atoms. The van der Waals surface area contributed by atoms with Crippen LogP contribution < -0.4 is 10.6 Å². The van der Waals surface area contributed by atoms with E-state index >= 15 is 0 Å². The summed E-state index contributed by atoms with van der Waals surface area (Å²) in [6.45, 7) is 3.18. The maximum atomic E-state index is 12.3. The fraction of sp³-hybridized carbons (Fsp3) is 0.500. The van der Waals surface area contributed by atoms with Crippen molar-refractivity contribution in [1.82, 2.24) is 10.6 Å². The van der Waals surface area contributed by atoms with E-state index in [0.717, 1.165) is 29.8 Å². The molecule has 0 aromatic heterocycles. The van der Waals surface area contributed by atoms with Crippen molar-refractivity contribution in [3.05, 3.63) is 29.8 Å². The number of thioether (sulfide) groups is 1. The lowest BCUT2D eigenvalue weighted by Crippen LogP contribution is -2.51. The Balaban J connectivity index is 0.00000180. The van der Waals surface area contributed by atoms with E-state index in [1.165, 1.54) is 0 Å². The van der Waals surface area contributed by atoms with Crippen LogP contribution in [0.3, 0.4) is 0 Å². The van der Waals surface area contributed by atoms with Crippen LogP contribution in [0.4, 0.5) is 0 Å². The second kappa shape index (κ2) is 7.78. The summed E-state index contributed by atoms with van der Waals surface area (Å²) in [5, 5.41) is 6.54. The molecule has 1 aliphatic rings. The Bertz CT molecular complexity index is 428. The average molecular weight is 301 g/mol. The number of piperidine rings is 1. The molecule has 1 fully saturated rings. The largest absolute Gasteiger partial charge is 0.348 e. The Morgan fingerprint density at radius 3 is 2.84 bits per heavy atom. The molecule has 19 heavy (non-hydrogen) atoms. The Morgan fingerprint density at radius 2 is 2.16 bits per heavy atom. The topological polar surface area (TPSA) is 41.1 Å². The Hall–Kier alpha value is -0.710. The van der Waals surface area contributed by atoms with E-state index in [0.29, 0.717) is 6.04 Å². The molecule has 1 aromatic carbocycles. The zero-order valence-electron chi connectivity index (χ0n) is 11.3. The summed E-state index contributed by atoms with van der Waals surface area (Å²) in [4.78, 5) is 13.3. The first-order valence-electron chi connectivity index (χ1n) is 6.39. The molecule has 2 atom stereocenters. The molecule has 0 bridgehead atoms. The van der Waals surface area contributed by atoms with E-state index < -0.39 is 0 Å². The molecule has 1 aliphatic heterocycles. The van der Waals surface area contributed by atoms with Crippen molar-refractivity contribution in [2.75, 3.05) is 12.8 Å². The summed E-state index contributed by atoms with van der Waals surface area (Å²) in [5.41, 5.74) is 0.780. The number of hydrogen-bond acceptors (Lipinski definition) is 3. The summed E-state index contributed by atoms with van der Waals surface area (Å²) in [5.74, 6) is 0.0421. The summed E-state index contributed by atoms with van der Waals surface area (Å²) in [7, 11) is 0. The van der Waals surface area contributed by atoms with Crippen LogP contribution in [0.1, 0.15) is 30.1 Å². The smallest absolute Gasteiger partial charge is 0.252 e. The highest BCUT2D eigenvalue weighted by atomic mass is 35.5. The van der Waals surface area contributed by atoms with E-state index in [9.17, 15) is 4.79 Å². The quantitative estimate of drug-likeness (QED) is 0.843. The van der Waals surface area contributed by atoms with Gasteiger partial charge in [-0.1, -0.05) is 12.1 Å². The first kappa shape index (κ1) is 16.3. The molecule has 2 rings (SSSR count). The van der Waals surface area contributed by atoms with Gasteiger partial charge >= 0.3 is 0 Å². The number of hydrogen-bond donors (Lipinski definition) is 2. The Kier molecular flexibility index (Phi) is 6.69. The third-order valence-electron chi connectivity index (χ3n) is 3.43. The Morgan fingerprint density at radius 1 is 1.42 bits per heavy atom.